The van der Waals surface area contributed by atoms with E-state index in [2.05, 4.69) is 34.8 Å². The molecule has 0 aromatic heterocycles. The van der Waals surface area contributed by atoms with E-state index in [0.717, 1.165) is 25.3 Å². The molecule has 0 saturated carbocycles. The van der Waals surface area contributed by atoms with Gasteiger partial charge in [-0.25, -0.2) is 4.99 Å². The predicted molar refractivity (Wildman–Crippen MR) is 86.0 cm³/mol. The fourth-order valence-corrected chi connectivity index (χ4v) is 1.80. The summed E-state index contributed by atoms with van der Waals surface area (Å²) in [5, 5.41) is 9.34. The van der Waals surface area contributed by atoms with Crippen LogP contribution in [0.15, 0.2) is 4.99 Å². The molecular weight excluding hydrogens is 252 g/mol. The molecule has 0 aliphatic heterocycles. The van der Waals surface area contributed by atoms with Crippen molar-refractivity contribution in [1.29, 1.82) is 0 Å². The van der Waals surface area contributed by atoms with Crippen LogP contribution in [0.2, 0.25) is 0 Å². The van der Waals surface area contributed by atoms with E-state index >= 15 is 0 Å². The summed E-state index contributed by atoms with van der Waals surface area (Å²) < 4.78 is 0. The highest BCUT2D eigenvalue weighted by molar-refractivity contribution is 5.85. The smallest absolute Gasteiger partial charge is 0.241 e. The molecule has 1 unspecified atom stereocenters. The molecule has 1 amide bonds. The Morgan fingerprint density at radius 1 is 1.10 bits per heavy atom. The van der Waals surface area contributed by atoms with Crippen molar-refractivity contribution >= 4 is 11.9 Å². The maximum atomic E-state index is 11.5. The minimum Gasteiger partial charge on any atom is -0.357 e. The van der Waals surface area contributed by atoms with E-state index < -0.39 is 0 Å². The van der Waals surface area contributed by atoms with E-state index in [4.69, 9.17) is 0 Å². The Hall–Kier alpha value is -1.26. The van der Waals surface area contributed by atoms with Crippen molar-refractivity contribution in [2.24, 2.45) is 4.99 Å². The van der Waals surface area contributed by atoms with Gasteiger partial charge in [0.15, 0.2) is 5.96 Å². The van der Waals surface area contributed by atoms with Crippen molar-refractivity contribution in [2.45, 2.75) is 65.8 Å². The summed E-state index contributed by atoms with van der Waals surface area (Å²) in [6, 6.07) is 0.373. The summed E-state index contributed by atoms with van der Waals surface area (Å²) in [7, 11) is 0. The molecule has 0 aromatic rings. The third-order valence-electron chi connectivity index (χ3n) is 2.92. The lowest BCUT2D eigenvalue weighted by atomic mass is 10.1. The highest BCUT2D eigenvalue weighted by Gasteiger charge is 2.05. The van der Waals surface area contributed by atoms with Crippen LogP contribution < -0.4 is 16.0 Å². The van der Waals surface area contributed by atoms with Crippen LogP contribution in [0.5, 0.6) is 0 Å². The first-order chi connectivity index (χ1) is 9.63. The molecule has 1 atom stereocenters. The lowest BCUT2D eigenvalue weighted by Crippen LogP contribution is -2.43. The number of carbonyl (C=O) groups excluding carboxylic acids is 1. The molecule has 5 heteroatoms. The Bertz CT molecular complexity index is 279. The molecular formula is C15H32N4O. The van der Waals surface area contributed by atoms with Crippen LogP contribution in [-0.4, -0.2) is 37.5 Å². The van der Waals surface area contributed by atoms with Crippen LogP contribution in [0.25, 0.3) is 0 Å². The van der Waals surface area contributed by atoms with Crippen LogP contribution >= 0.6 is 0 Å². The van der Waals surface area contributed by atoms with Crippen LogP contribution in [0.4, 0.5) is 0 Å². The van der Waals surface area contributed by atoms with E-state index in [1.165, 1.54) is 19.3 Å². The molecule has 0 aromatic carbocycles. The molecule has 3 N–H and O–H groups in total. The van der Waals surface area contributed by atoms with Crippen molar-refractivity contribution in [1.82, 2.24) is 16.0 Å². The van der Waals surface area contributed by atoms with Gasteiger partial charge in [0.05, 0.1) is 0 Å². The lowest BCUT2D eigenvalue weighted by molar-refractivity contribution is -0.119. The normalized spacial score (nSPS) is 12.9. The number of hydrogen-bond acceptors (Lipinski definition) is 2. The van der Waals surface area contributed by atoms with Gasteiger partial charge in [0.25, 0.3) is 0 Å². The van der Waals surface area contributed by atoms with Gasteiger partial charge in [-0.2, -0.15) is 0 Å². The molecule has 20 heavy (non-hydrogen) atoms. The fraction of sp³-hybridized carbons (Fsp3) is 0.867. The number of nitrogens with one attached hydrogen (secondary N) is 3. The summed E-state index contributed by atoms with van der Waals surface area (Å²) >= 11 is 0. The molecule has 0 rings (SSSR count). The Balaban J connectivity index is 4.15. The van der Waals surface area contributed by atoms with Crippen molar-refractivity contribution in [3.63, 3.8) is 0 Å². The third kappa shape index (κ3) is 10.6. The van der Waals surface area contributed by atoms with Crippen LogP contribution in [0.3, 0.4) is 0 Å². The topological polar surface area (TPSA) is 65.5 Å². The first-order valence-electron chi connectivity index (χ1n) is 7.95. The van der Waals surface area contributed by atoms with Gasteiger partial charge in [-0.05, 0) is 26.7 Å². The summed E-state index contributed by atoms with van der Waals surface area (Å²) in [5.74, 6) is 0.700. The van der Waals surface area contributed by atoms with Gasteiger partial charge in [-0.1, -0.05) is 33.1 Å². The zero-order valence-electron chi connectivity index (χ0n) is 13.6. The van der Waals surface area contributed by atoms with Crippen molar-refractivity contribution < 1.29 is 4.79 Å². The molecule has 0 heterocycles. The van der Waals surface area contributed by atoms with Crippen molar-refractivity contribution in [3.8, 4) is 0 Å². The second kappa shape index (κ2) is 12.8. The highest BCUT2D eigenvalue weighted by atomic mass is 16.1. The van der Waals surface area contributed by atoms with Gasteiger partial charge >= 0.3 is 0 Å². The largest absolute Gasteiger partial charge is 0.357 e. The van der Waals surface area contributed by atoms with Gasteiger partial charge < -0.3 is 16.0 Å². The fourth-order valence-electron chi connectivity index (χ4n) is 1.80. The quantitative estimate of drug-likeness (QED) is 0.327. The second-order valence-electron chi connectivity index (χ2n) is 5.09. The molecule has 0 spiro atoms. The molecule has 5 nitrogen and oxygen atoms in total. The molecule has 0 aliphatic carbocycles. The number of unbranched alkanes of at least 4 members (excludes halogenated alkanes) is 2. The number of amides is 1. The van der Waals surface area contributed by atoms with Gasteiger partial charge in [-0.3, -0.25) is 4.79 Å². The van der Waals surface area contributed by atoms with E-state index in [9.17, 15) is 4.79 Å². The van der Waals surface area contributed by atoms with E-state index in [0.29, 0.717) is 12.6 Å². The summed E-state index contributed by atoms with van der Waals surface area (Å²) in [6.45, 7) is 10.1. The number of carbonyl (C=O) groups is 1. The van der Waals surface area contributed by atoms with Crippen molar-refractivity contribution in [3.05, 3.63) is 0 Å². The minimum atomic E-state index is -0.0253. The number of nitrogens with zero attached hydrogens (tertiary/aromatic N) is 1. The van der Waals surface area contributed by atoms with Gasteiger partial charge in [0.1, 0.15) is 6.54 Å². The maximum absolute atomic E-state index is 11.5. The Morgan fingerprint density at radius 2 is 1.85 bits per heavy atom. The Labute approximate surface area is 124 Å². The molecule has 0 saturated heterocycles. The summed E-state index contributed by atoms with van der Waals surface area (Å²) in [5.41, 5.74) is 0. The summed E-state index contributed by atoms with van der Waals surface area (Å²) in [4.78, 5) is 15.9. The first-order valence-corrected chi connectivity index (χ1v) is 7.95. The van der Waals surface area contributed by atoms with Crippen LogP contribution in [0.1, 0.15) is 59.8 Å². The van der Waals surface area contributed by atoms with Gasteiger partial charge in [-0.15, -0.1) is 0 Å². The van der Waals surface area contributed by atoms with Crippen LogP contribution in [0, 0.1) is 0 Å². The standard InChI is InChI=1S/C15H32N4O/c1-5-8-9-10-13(4)19-15(16-7-3)18-12-14(20)17-11-6-2/h13H,5-12H2,1-4H3,(H,17,20)(H2,16,18,19). The Morgan fingerprint density at radius 3 is 2.45 bits per heavy atom. The molecule has 0 fully saturated rings. The maximum Gasteiger partial charge on any atom is 0.241 e. The van der Waals surface area contributed by atoms with Crippen molar-refractivity contribution in [2.75, 3.05) is 19.6 Å². The van der Waals surface area contributed by atoms with Crippen LogP contribution in [-0.2, 0) is 4.79 Å². The van der Waals surface area contributed by atoms with Gasteiger partial charge in [0, 0.05) is 19.1 Å². The lowest BCUT2D eigenvalue weighted by Gasteiger charge is -2.17. The van der Waals surface area contributed by atoms with E-state index in [1.54, 1.807) is 0 Å². The molecule has 0 aliphatic rings. The zero-order chi connectivity index (χ0) is 15.2. The van der Waals surface area contributed by atoms with E-state index in [1.807, 2.05) is 13.8 Å². The first kappa shape index (κ1) is 18.7. The number of guanidine groups is 1. The minimum absolute atomic E-state index is 0.0253. The molecule has 118 valence electrons. The third-order valence-corrected chi connectivity index (χ3v) is 2.92. The average Bonchev–Trinajstić information content (AvgIpc) is 2.43. The molecule has 0 radical (unpaired) electrons. The monoisotopic (exact) mass is 284 g/mol. The number of hydrogen-bond donors (Lipinski definition) is 3. The second-order valence-corrected chi connectivity index (χ2v) is 5.09. The predicted octanol–water partition coefficient (Wildman–Crippen LogP) is 2.04. The average molecular weight is 284 g/mol. The number of rotatable bonds is 10. The Kier molecular flexibility index (Phi) is 12.0. The van der Waals surface area contributed by atoms with E-state index in [-0.39, 0.29) is 12.5 Å². The highest BCUT2D eigenvalue weighted by Crippen LogP contribution is 2.02. The summed E-state index contributed by atoms with van der Waals surface area (Å²) in [6.07, 6.45) is 5.79. The molecule has 0 bridgehead atoms. The van der Waals surface area contributed by atoms with Gasteiger partial charge in [0.2, 0.25) is 5.91 Å². The zero-order valence-corrected chi connectivity index (χ0v) is 13.6. The number of aliphatic imine (C=N–C) groups is 1. The SMILES string of the molecule is CCCCCC(C)NC(=NCC(=O)NCCC)NCC.